The van der Waals surface area contributed by atoms with E-state index >= 15 is 0 Å². The van der Waals surface area contributed by atoms with Crippen LogP contribution >= 0.6 is 0 Å². The Hall–Kier alpha value is -0.990. The molecule has 3 nitrogen and oxygen atoms in total. The van der Waals surface area contributed by atoms with Gasteiger partial charge in [0.15, 0.2) is 0 Å². The van der Waals surface area contributed by atoms with E-state index in [1.54, 1.807) is 0 Å². The molecule has 1 heterocycles. The van der Waals surface area contributed by atoms with Crippen LogP contribution in [0.2, 0.25) is 0 Å². The third kappa shape index (κ3) is 2.77. The molecule has 3 N–H and O–H groups in total. The van der Waals surface area contributed by atoms with Gasteiger partial charge in [-0.2, -0.15) is 5.10 Å². The second kappa shape index (κ2) is 5.92. The van der Waals surface area contributed by atoms with Gasteiger partial charge >= 0.3 is 0 Å². The van der Waals surface area contributed by atoms with Crippen LogP contribution < -0.4 is 5.73 Å². The molecule has 1 rings (SSSR count). The molecule has 0 amide bonds. The first-order valence-corrected chi connectivity index (χ1v) is 6.45. The number of nitrogens with zero attached hydrogens (tertiary/aromatic N) is 1. The van der Waals surface area contributed by atoms with Gasteiger partial charge in [0.25, 0.3) is 0 Å². The predicted octanol–water partition coefficient (Wildman–Crippen LogP) is 3.80. The molecule has 0 aliphatic carbocycles. The highest BCUT2D eigenvalue weighted by molar-refractivity contribution is 5.45. The molecule has 0 saturated heterocycles. The van der Waals surface area contributed by atoms with Crippen molar-refractivity contribution in [1.82, 2.24) is 10.2 Å². The van der Waals surface area contributed by atoms with Crippen molar-refractivity contribution in [3.8, 4) is 0 Å². The number of hydrogen-bond acceptors (Lipinski definition) is 2. The lowest BCUT2D eigenvalue weighted by Crippen LogP contribution is -2.04. The van der Waals surface area contributed by atoms with Gasteiger partial charge in [-0.1, -0.05) is 40.5 Å². The van der Waals surface area contributed by atoms with E-state index in [1.807, 2.05) is 0 Å². The van der Waals surface area contributed by atoms with Gasteiger partial charge in [0.2, 0.25) is 0 Å². The van der Waals surface area contributed by atoms with E-state index in [2.05, 4.69) is 37.9 Å². The number of H-pyrrole nitrogens is 1. The molecule has 0 atom stereocenters. The molecule has 0 radical (unpaired) electrons. The lowest BCUT2D eigenvalue weighted by molar-refractivity contribution is 0.540. The summed E-state index contributed by atoms with van der Waals surface area (Å²) in [5.74, 6) is 1.73. The number of aromatic nitrogens is 2. The predicted molar refractivity (Wildman–Crippen MR) is 69.6 cm³/mol. The quantitative estimate of drug-likeness (QED) is 0.770. The number of rotatable bonds is 6. The molecule has 1 aromatic rings. The monoisotopic (exact) mass is 223 g/mol. The molecule has 16 heavy (non-hydrogen) atoms. The number of nitrogens with one attached hydrogen (secondary N) is 1. The van der Waals surface area contributed by atoms with Crippen molar-refractivity contribution < 1.29 is 0 Å². The van der Waals surface area contributed by atoms with Gasteiger partial charge in [0.05, 0.1) is 0 Å². The fourth-order valence-electron chi connectivity index (χ4n) is 2.43. The van der Waals surface area contributed by atoms with Crippen LogP contribution in [0.5, 0.6) is 0 Å². The molecule has 0 saturated carbocycles. The normalized spacial score (nSPS) is 11.6. The number of hydrogen-bond donors (Lipinski definition) is 2. The van der Waals surface area contributed by atoms with Crippen LogP contribution in [0.3, 0.4) is 0 Å². The Morgan fingerprint density at radius 3 is 2.19 bits per heavy atom. The number of anilines is 1. The maximum atomic E-state index is 5.93. The van der Waals surface area contributed by atoms with Crippen molar-refractivity contribution in [3.05, 3.63) is 11.3 Å². The fourth-order valence-corrected chi connectivity index (χ4v) is 2.43. The minimum atomic E-state index is 0.449. The van der Waals surface area contributed by atoms with E-state index < -0.39 is 0 Å². The Balaban J connectivity index is 2.98. The zero-order chi connectivity index (χ0) is 12.1. The molecule has 0 aromatic carbocycles. The maximum absolute atomic E-state index is 5.93. The molecule has 3 heteroatoms. The molecule has 1 aromatic heterocycles. The lowest BCUT2D eigenvalue weighted by Gasteiger charge is -2.17. The summed E-state index contributed by atoms with van der Waals surface area (Å²) in [5.41, 5.74) is 8.43. The summed E-state index contributed by atoms with van der Waals surface area (Å²) in [6.45, 7) is 8.83. The lowest BCUT2D eigenvalue weighted by atomic mass is 9.89. The smallest absolute Gasteiger partial charge is 0.148 e. The van der Waals surface area contributed by atoms with Gasteiger partial charge in [-0.15, -0.1) is 0 Å². The molecule has 0 aliphatic heterocycles. The summed E-state index contributed by atoms with van der Waals surface area (Å²) in [5, 5.41) is 7.33. The molecular weight excluding hydrogens is 198 g/mol. The molecule has 0 spiro atoms. The van der Waals surface area contributed by atoms with Gasteiger partial charge in [-0.25, -0.2) is 0 Å². The Labute approximate surface area is 98.8 Å². The number of aromatic amines is 1. The molecule has 92 valence electrons. The zero-order valence-electron chi connectivity index (χ0n) is 11.0. The van der Waals surface area contributed by atoms with E-state index in [1.165, 1.54) is 36.9 Å². The average Bonchev–Trinajstić information content (AvgIpc) is 2.60. The third-order valence-corrected chi connectivity index (χ3v) is 3.12. The fraction of sp³-hybridized carbons (Fsp3) is 0.769. The highest BCUT2D eigenvalue weighted by Crippen LogP contribution is 2.33. The van der Waals surface area contributed by atoms with E-state index in [0.717, 1.165) is 0 Å². The SMILES string of the molecule is CCCC(CCC)c1[nH]nc(N)c1C(C)C. The molecule has 0 fully saturated rings. The van der Waals surface area contributed by atoms with Crippen LogP contribution in [-0.2, 0) is 0 Å². The van der Waals surface area contributed by atoms with Crippen LogP contribution in [0.25, 0.3) is 0 Å². The summed E-state index contributed by atoms with van der Waals surface area (Å²) in [7, 11) is 0. The maximum Gasteiger partial charge on any atom is 0.148 e. The van der Waals surface area contributed by atoms with Crippen LogP contribution in [0.15, 0.2) is 0 Å². The summed E-state index contributed by atoms with van der Waals surface area (Å²) in [6.07, 6.45) is 4.85. The zero-order valence-corrected chi connectivity index (χ0v) is 11.0. The van der Waals surface area contributed by atoms with Crippen molar-refractivity contribution in [1.29, 1.82) is 0 Å². The summed E-state index contributed by atoms with van der Waals surface area (Å²) >= 11 is 0. The summed E-state index contributed by atoms with van der Waals surface area (Å²) < 4.78 is 0. The van der Waals surface area contributed by atoms with Crippen molar-refractivity contribution in [2.24, 2.45) is 0 Å². The van der Waals surface area contributed by atoms with Gasteiger partial charge in [-0.05, 0) is 18.8 Å². The first kappa shape index (κ1) is 13.1. The highest BCUT2D eigenvalue weighted by Gasteiger charge is 2.20. The molecular formula is C13H25N3. The first-order valence-electron chi connectivity index (χ1n) is 6.45. The number of nitrogens with two attached hydrogens (primary N) is 1. The summed E-state index contributed by atoms with van der Waals surface area (Å²) in [6, 6.07) is 0. The van der Waals surface area contributed by atoms with Crippen LogP contribution in [-0.4, -0.2) is 10.2 Å². The first-order chi connectivity index (χ1) is 7.61. The third-order valence-electron chi connectivity index (χ3n) is 3.12. The second-order valence-electron chi connectivity index (χ2n) is 4.87. The van der Waals surface area contributed by atoms with E-state index in [4.69, 9.17) is 5.73 Å². The van der Waals surface area contributed by atoms with Crippen LogP contribution in [0.4, 0.5) is 5.82 Å². The Morgan fingerprint density at radius 2 is 1.75 bits per heavy atom. The van der Waals surface area contributed by atoms with E-state index in [0.29, 0.717) is 17.7 Å². The van der Waals surface area contributed by atoms with Gasteiger partial charge in [0.1, 0.15) is 5.82 Å². The highest BCUT2D eigenvalue weighted by atomic mass is 15.2. The van der Waals surface area contributed by atoms with E-state index in [-0.39, 0.29) is 0 Å². The Kier molecular flexibility index (Phi) is 4.84. The minimum Gasteiger partial charge on any atom is -0.382 e. The molecule has 0 bridgehead atoms. The number of nitrogen functional groups attached to an aromatic ring is 1. The van der Waals surface area contributed by atoms with Crippen molar-refractivity contribution >= 4 is 5.82 Å². The largest absolute Gasteiger partial charge is 0.382 e. The summed E-state index contributed by atoms with van der Waals surface area (Å²) in [4.78, 5) is 0. The topological polar surface area (TPSA) is 54.7 Å². The molecule has 0 aliphatic rings. The van der Waals surface area contributed by atoms with Crippen molar-refractivity contribution in [3.63, 3.8) is 0 Å². The van der Waals surface area contributed by atoms with E-state index in [9.17, 15) is 0 Å². The van der Waals surface area contributed by atoms with Gasteiger partial charge in [0, 0.05) is 17.2 Å². The van der Waals surface area contributed by atoms with Crippen molar-refractivity contribution in [2.45, 2.75) is 65.2 Å². The second-order valence-corrected chi connectivity index (χ2v) is 4.87. The Bertz CT molecular complexity index is 309. The van der Waals surface area contributed by atoms with Crippen molar-refractivity contribution in [2.75, 3.05) is 5.73 Å². The average molecular weight is 223 g/mol. The van der Waals surface area contributed by atoms with Gasteiger partial charge in [-0.3, -0.25) is 5.10 Å². The van der Waals surface area contributed by atoms with Crippen LogP contribution in [0, 0.1) is 0 Å². The molecule has 0 unspecified atom stereocenters. The minimum absolute atomic E-state index is 0.449. The van der Waals surface area contributed by atoms with Gasteiger partial charge < -0.3 is 5.73 Å². The standard InChI is InChI=1S/C13H25N3/c1-5-7-10(8-6-2)12-11(9(3)4)13(14)16-15-12/h9-10H,5-8H2,1-4H3,(H3,14,15,16). The Morgan fingerprint density at radius 1 is 1.19 bits per heavy atom. The van der Waals surface area contributed by atoms with Crippen LogP contribution in [0.1, 0.15) is 76.5 Å².